The van der Waals surface area contributed by atoms with Crippen LogP contribution in [0, 0.1) is 6.92 Å². The highest BCUT2D eigenvalue weighted by Crippen LogP contribution is 2.35. The zero-order chi connectivity index (χ0) is 24.0. The van der Waals surface area contributed by atoms with Crippen molar-refractivity contribution in [2.45, 2.75) is 11.8 Å². The highest BCUT2D eigenvalue weighted by Gasteiger charge is 2.29. The van der Waals surface area contributed by atoms with Crippen molar-refractivity contribution < 1.29 is 27.4 Å². The SMILES string of the molecule is COc1ccc(NC(=O)CN(c2ccc(OC)cc2OC)S(=O)(=O)c2ccc(C)cc2)cc1. The number of anilines is 2. The van der Waals surface area contributed by atoms with E-state index in [0.717, 1.165) is 9.87 Å². The molecule has 0 aliphatic carbocycles. The van der Waals surface area contributed by atoms with E-state index in [9.17, 15) is 13.2 Å². The van der Waals surface area contributed by atoms with Crippen LogP contribution < -0.4 is 23.8 Å². The van der Waals surface area contributed by atoms with Gasteiger partial charge in [-0.1, -0.05) is 17.7 Å². The van der Waals surface area contributed by atoms with E-state index in [1.54, 1.807) is 61.7 Å². The van der Waals surface area contributed by atoms with Crippen LogP contribution in [0.1, 0.15) is 5.56 Å². The van der Waals surface area contributed by atoms with E-state index in [-0.39, 0.29) is 16.3 Å². The monoisotopic (exact) mass is 470 g/mol. The second kappa shape index (κ2) is 10.3. The molecule has 0 radical (unpaired) electrons. The van der Waals surface area contributed by atoms with Crippen LogP contribution in [-0.4, -0.2) is 42.2 Å². The topological polar surface area (TPSA) is 94.2 Å². The summed E-state index contributed by atoms with van der Waals surface area (Å²) in [6.45, 7) is 1.40. The number of aryl methyl sites for hydroxylation is 1. The molecule has 3 aromatic rings. The third-order valence-electron chi connectivity index (χ3n) is 4.93. The van der Waals surface area contributed by atoms with Gasteiger partial charge in [-0.05, 0) is 55.5 Å². The molecule has 0 heterocycles. The minimum absolute atomic E-state index is 0.0585. The molecular weight excluding hydrogens is 444 g/mol. The van der Waals surface area contributed by atoms with Crippen molar-refractivity contribution in [3.63, 3.8) is 0 Å². The first kappa shape index (κ1) is 23.9. The highest BCUT2D eigenvalue weighted by molar-refractivity contribution is 7.92. The molecule has 0 saturated carbocycles. The number of ether oxygens (including phenoxy) is 3. The predicted octanol–water partition coefficient (Wildman–Crippen LogP) is 3.85. The van der Waals surface area contributed by atoms with Gasteiger partial charge < -0.3 is 19.5 Å². The second-order valence-electron chi connectivity index (χ2n) is 7.14. The number of nitrogens with one attached hydrogen (secondary N) is 1. The molecule has 33 heavy (non-hydrogen) atoms. The Kier molecular flexibility index (Phi) is 7.44. The van der Waals surface area contributed by atoms with Gasteiger partial charge in [-0.25, -0.2) is 8.42 Å². The minimum atomic E-state index is -4.09. The van der Waals surface area contributed by atoms with E-state index in [1.807, 2.05) is 6.92 Å². The highest BCUT2D eigenvalue weighted by atomic mass is 32.2. The normalized spacial score (nSPS) is 10.9. The van der Waals surface area contributed by atoms with Crippen molar-refractivity contribution in [1.29, 1.82) is 0 Å². The molecular formula is C24H26N2O6S. The maximum absolute atomic E-state index is 13.6. The van der Waals surface area contributed by atoms with Gasteiger partial charge in [-0.15, -0.1) is 0 Å². The number of hydrogen-bond acceptors (Lipinski definition) is 6. The first-order valence-corrected chi connectivity index (χ1v) is 11.5. The second-order valence-corrected chi connectivity index (χ2v) is 9.00. The van der Waals surface area contributed by atoms with Gasteiger partial charge in [-0.3, -0.25) is 9.10 Å². The van der Waals surface area contributed by atoms with Gasteiger partial charge in [0.05, 0.1) is 31.9 Å². The summed E-state index contributed by atoms with van der Waals surface area (Å²) < 4.78 is 43.9. The van der Waals surface area contributed by atoms with Crippen molar-refractivity contribution in [2.24, 2.45) is 0 Å². The van der Waals surface area contributed by atoms with E-state index in [2.05, 4.69) is 5.32 Å². The lowest BCUT2D eigenvalue weighted by Gasteiger charge is -2.26. The van der Waals surface area contributed by atoms with E-state index in [1.165, 1.54) is 26.4 Å². The lowest BCUT2D eigenvalue weighted by atomic mass is 10.2. The van der Waals surface area contributed by atoms with Gasteiger partial charge in [-0.2, -0.15) is 0 Å². The first-order chi connectivity index (χ1) is 15.8. The molecule has 0 aliphatic heterocycles. The van der Waals surface area contributed by atoms with Gasteiger partial charge in [0, 0.05) is 11.8 Å². The maximum Gasteiger partial charge on any atom is 0.264 e. The molecule has 0 saturated heterocycles. The smallest absolute Gasteiger partial charge is 0.264 e. The number of carbonyl (C=O) groups excluding carboxylic acids is 1. The maximum atomic E-state index is 13.6. The number of nitrogens with zero attached hydrogens (tertiary/aromatic N) is 1. The predicted molar refractivity (Wildman–Crippen MR) is 127 cm³/mol. The van der Waals surface area contributed by atoms with Crippen molar-refractivity contribution >= 4 is 27.3 Å². The summed E-state index contributed by atoms with van der Waals surface area (Å²) in [5, 5.41) is 2.72. The minimum Gasteiger partial charge on any atom is -0.497 e. The fourth-order valence-electron chi connectivity index (χ4n) is 3.13. The van der Waals surface area contributed by atoms with E-state index in [4.69, 9.17) is 14.2 Å². The Hall–Kier alpha value is -3.72. The van der Waals surface area contributed by atoms with Gasteiger partial charge in [0.25, 0.3) is 10.0 Å². The summed E-state index contributed by atoms with van der Waals surface area (Å²) in [6.07, 6.45) is 0. The summed E-state index contributed by atoms with van der Waals surface area (Å²) in [5.74, 6) is 0.863. The Bertz CT molecular complexity index is 1210. The number of sulfonamides is 1. The molecule has 0 aromatic heterocycles. The number of benzene rings is 3. The number of hydrogen-bond donors (Lipinski definition) is 1. The molecule has 3 aromatic carbocycles. The molecule has 3 rings (SSSR count). The van der Waals surface area contributed by atoms with Crippen LogP contribution in [0.4, 0.5) is 11.4 Å². The Morgan fingerprint density at radius 2 is 1.45 bits per heavy atom. The molecule has 8 nitrogen and oxygen atoms in total. The van der Waals surface area contributed by atoms with Crippen molar-refractivity contribution in [3.05, 3.63) is 72.3 Å². The van der Waals surface area contributed by atoms with Gasteiger partial charge in [0.1, 0.15) is 23.8 Å². The molecule has 0 atom stereocenters. The lowest BCUT2D eigenvalue weighted by molar-refractivity contribution is -0.114. The van der Waals surface area contributed by atoms with Crippen molar-refractivity contribution in [3.8, 4) is 17.2 Å². The van der Waals surface area contributed by atoms with E-state index in [0.29, 0.717) is 17.2 Å². The number of rotatable bonds is 9. The zero-order valence-electron chi connectivity index (χ0n) is 18.9. The Balaban J connectivity index is 1.99. The fraction of sp³-hybridized carbons (Fsp3) is 0.208. The van der Waals surface area contributed by atoms with Crippen LogP contribution in [0.2, 0.25) is 0 Å². The van der Waals surface area contributed by atoms with Crippen LogP contribution >= 0.6 is 0 Å². The van der Waals surface area contributed by atoms with Crippen LogP contribution in [0.3, 0.4) is 0 Å². The summed E-state index contributed by atoms with van der Waals surface area (Å²) in [4.78, 5) is 13.0. The largest absolute Gasteiger partial charge is 0.497 e. The number of amides is 1. The molecule has 0 aliphatic rings. The molecule has 0 bridgehead atoms. The fourth-order valence-corrected chi connectivity index (χ4v) is 4.56. The Morgan fingerprint density at radius 3 is 2.03 bits per heavy atom. The molecule has 1 amide bonds. The molecule has 0 spiro atoms. The third kappa shape index (κ3) is 5.56. The van der Waals surface area contributed by atoms with Gasteiger partial charge in [0.15, 0.2) is 0 Å². The average molecular weight is 471 g/mol. The van der Waals surface area contributed by atoms with Crippen LogP contribution in [0.25, 0.3) is 0 Å². The van der Waals surface area contributed by atoms with Crippen LogP contribution in [-0.2, 0) is 14.8 Å². The molecule has 9 heteroatoms. The number of carbonyl (C=O) groups is 1. The average Bonchev–Trinajstić information content (AvgIpc) is 2.83. The molecule has 0 unspecified atom stereocenters. The van der Waals surface area contributed by atoms with E-state index < -0.39 is 22.5 Å². The quantitative estimate of drug-likeness (QED) is 0.511. The molecule has 0 fully saturated rings. The zero-order valence-corrected chi connectivity index (χ0v) is 19.7. The summed E-state index contributed by atoms with van der Waals surface area (Å²) in [5.41, 5.74) is 1.64. The summed E-state index contributed by atoms with van der Waals surface area (Å²) in [6, 6.07) is 17.9. The lowest BCUT2D eigenvalue weighted by Crippen LogP contribution is -2.38. The number of methoxy groups -OCH3 is 3. The molecule has 1 N–H and O–H groups in total. The first-order valence-electron chi connectivity index (χ1n) is 10.0. The third-order valence-corrected chi connectivity index (χ3v) is 6.70. The Morgan fingerprint density at radius 1 is 0.848 bits per heavy atom. The van der Waals surface area contributed by atoms with Crippen molar-refractivity contribution in [1.82, 2.24) is 0 Å². The standard InChI is InChI=1S/C24H26N2O6S/c1-17-5-12-21(13-6-17)33(28,29)26(22-14-11-20(31-3)15-23(22)32-4)16-24(27)25-18-7-9-19(30-2)10-8-18/h5-15H,16H2,1-4H3,(H,25,27). The van der Waals surface area contributed by atoms with Crippen molar-refractivity contribution in [2.75, 3.05) is 37.5 Å². The van der Waals surface area contributed by atoms with Gasteiger partial charge in [0.2, 0.25) is 5.91 Å². The Labute approximate surface area is 193 Å². The molecule has 174 valence electrons. The van der Waals surface area contributed by atoms with Crippen LogP contribution in [0.15, 0.2) is 71.6 Å². The van der Waals surface area contributed by atoms with E-state index >= 15 is 0 Å². The summed E-state index contributed by atoms with van der Waals surface area (Å²) >= 11 is 0. The summed E-state index contributed by atoms with van der Waals surface area (Å²) in [7, 11) is 0.376. The van der Waals surface area contributed by atoms with Crippen LogP contribution in [0.5, 0.6) is 17.2 Å². The van der Waals surface area contributed by atoms with Gasteiger partial charge >= 0.3 is 0 Å².